The van der Waals surface area contributed by atoms with Crippen molar-refractivity contribution in [1.82, 2.24) is 19.5 Å². The SMILES string of the molecule is CC1COCCN1c1nc(Cl)nc2c1nc(C1CC1)n2C. The van der Waals surface area contributed by atoms with Crippen molar-refractivity contribution in [3.05, 3.63) is 11.1 Å². The van der Waals surface area contributed by atoms with Gasteiger partial charge in [0.05, 0.1) is 19.3 Å². The molecule has 2 aliphatic rings. The van der Waals surface area contributed by atoms with Crippen molar-refractivity contribution in [2.24, 2.45) is 7.05 Å². The first-order chi connectivity index (χ1) is 10.1. The summed E-state index contributed by atoms with van der Waals surface area (Å²) < 4.78 is 7.57. The number of hydrogen-bond donors (Lipinski definition) is 0. The molecule has 2 aromatic rings. The van der Waals surface area contributed by atoms with Crippen LogP contribution in [0.15, 0.2) is 0 Å². The summed E-state index contributed by atoms with van der Waals surface area (Å²) in [6, 6.07) is 0.263. The minimum atomic E-state index is 0.263. The van der Waals surface area contributed by atoms with Crippen molar-refractivity contribution in [1.29, 1.82) is 0 Å². The van der Waals surface area contributed by atoms with Crippen LogP contribution in [0.25, 0.3) is 11.2 Å². The molecule has 1 aliphatic heterocycles. The first-order valence-corrected chi connectivity index (χ1v) is 7.77. The second-order valence-corrected chi connectivity index (χ2v) is 6.25. The highest BCUT2D eigenvalue weighted by Gasteiger charge is 2.31. The van der Waals surface area contributed by atoms with E-state index in [1.165, 1.54) is 12.8 Å². The molecule has 2 aromatic heterocycles. The number of halogens is 1. The highest BCUT2D eigenvalue weighted by molar-refractivity contribution is 6.28. The Balaban J connectivity index is 1.89. The molecule has 3 heterocycles. The second-order valence-electron chi connectivity index (χ2n) is 5.91. The van der Waals surface area contributed by atoms with Crippen LogP contribution in [-0.2, 0) is 11.8 Å². The topological polar surface area (TPSA) is 56.1 Å². The summed E-state index contributed by atoms with van der Waals surface area (Å²) in [4.78, 5) is 15.9. The molecule has 1 saturated heterocycles. The molecular weight excluding hydrogens is 290 g/mol. The monoisotopic (exact) mass is 307 g/mol. The van der Waals surface area contributed by atoms with Crippen LogP contribution in [0, 0.1) is 0 Å². The largest absolute Gasteiger partial charge is 0.377 e. The van der Waals surface area contributed by atoms with Crippen molar-refractivity contribution in [3.63, 3.8) is 0 Å². The summed E-state index contributed by atoms with van der Waals surface area (Å²) in [7, 11) is 2.01. The van der Waals surface area contributed by atoms with Crippen molar-refractivity contribution < 1.29 is 4.74 Å². The van der Waals surface area contributed by atoms with Crippen LogP contribution in [0.5, 0.6) is 0 Å². The van der Waals surface area contributed by atoms with E-state index in [1.54, 1.807) is 0 Å². The van der Waals surface area contributed by atoms with Crippen molar-refractivity contribution in [2.75, 3.05) is 24.7 Å². The molecule has 0 aromatic carbocycles. The predicted octanol–water partition coefficient (Wildman–Crippen LogP) is 2.12. The lowest BCUT2D eigenvalue weighted by Crippen LogP contribution is -2.44. The number of anilines is 1. The first-order valence-electron chi connectivity index (χ1n) is 7.39. The van der Waals surface area contributed by atoms with Crippen LogP contribution in [0.3, 0.4) is 0 Å². The van der Waals surface area contributed by atoms with Gasteiger partial charge in [0.15, 0.2) is 17.0 Å². The standard InChI is InChI=1S/C14H18ClN5O/c1-8-7-21-6-5-20(8)13-10-12(17-14(15)18-13)19(2)11(16-10)9-3-4-9/h8-9H,3-7H2,1-2H3. The Morgan fingerprint density at radius 1 is 1.24 bits per heavy atom. The lowest BCUT2D eigenvalue weighted by atomic mass is 10.2. The lowest BCUT2D eigenvalue weighted by molar-refractivity contribution is 0.0986. The Morgan fingerprint density at radius 3 is 2.76 bits per heavy atom. The number of nitrogens with zero attached hydrogens (tertiary/aromatic N) is 5. The Kier molecular flexibility index (Phi) is 3.04. The molecule has 1 saturated carbocycles. The fraction of sp³-hybridized carbons (Fsp3) is 0.643. The normalized spacial score (nSPS) is 23.0. The molecular formula is C14H18ClN5O. The van der Waals surface area contributed by atoms with Crippen LogP contribution in [0.1, 0.15) is 31.5 Å². The average Bonchev–Trinajstić information content (AvgIpc) is 3.25. The van der Waals surface area contributed by atoms with Gasteiger partial charge in [-0.3, -0.25) is 0 Å². The summed E-state index contributed by atoms with van der Waals surface area (Å²) in [5, 5.41) is 0.279. The molecule has 2 fully saturated rings. The summed E-state index contributed by atoms with van der Waals surface area (Å²) in [5.74, 6) is 2.50. The summed E-state index contributed by atoms with van der Waals surface area (Å²) in [6.45, 7) is 4.34. The molecule has 6 nitrogen and oxygen atoms in total. The molecule has 21 heavy (non-hydrogen) atoms. The van der Waals surface area contributed by atoms with Crippen LogP contribution < -0.4 is 4.90 Å². The number of rotatable bonds is 2. The molecule has 0 spiro atoms. The van der Waals surface area contributed by atoms with E-state index in [0.717, 1.165) is 29.4 Å². The van der Waals surface area contributed by atoms with Gasteiger partial charge in [-0.05, 0) is 31.4 Å². The van der Waals surface area contributed by atoms with Crippen LogP contribution in [0.2, 0.25) is 5.28 Å². The van der Waals surface area contributed by atoms with Gasteiger partial charge in [-0.2, -0.15) is 9.97 Å². The van der Waals surface area contributed by atoms with Gasteiger partial charge < -0.3 is 14.2 Å². The smallest absolute Gasteiger partial charge is 0.226 e. The Labute approximate surface area is 128 Å². The molecule has 112 valence electrons. The summed E-state index contributed by atoms with van der Waals surface area (Å²) in [5.41, 5.74) is 1.68. The number of fused-ring (bicyclic) bond motifs is 1. The molecule has 1 aliphatic carbocycles. The molecule has 1 unspecified atom stereocenters. The number of imidazole rings is 1. The fourth-order valence-corrected chi connectivity index (χ4v) is 3.15. The van der Waals surface area contributed by atoms with Crippen molar-refractivity contribution >= 4 is 28.6 Å². The molecule has 4 rings (SSSR count). The number of ether oxygens (including phenoxy) is 1. The highest BCUT2D eigenvalue weighted by Crippen LogP contribution is 2.41. The third-order valence-corrected chi connectivity index (χ3v) is 4.46. The van der Waals surface area contributed by atoms with Gasteiger partial charge in [-0.1, -0.05) is 0 Å². The highest BCUT2D eigenvalue weighted by atomic mass is 35.5. The van der Waals surface area contributed by atoms with Crippen LogP contribution in [-0.4, -0.2) is 45.3 Å². The zero-order chi connectivity index (χ0) is 14.6. The maximum Gasteiger partial charge on any atom is 0.226 e. The number of aromatic nitrogens is 4. The third-order valence-electron chi connectivity index (χ3n) is 4.29. The number of morpholine rings is 1. The quantitative estimate of drug-likeness (QED) is 0.796. The Bertz CT molecular complexity index is 696. The van der Waals surface area contributed by atoms with E-state index in [9.17, 15) is 0 Å². The van der Waals surface area contributed by atoms with Gasteiger partial charge in [0.2, 0.25) is 5.28 Å². The minimum Gasteiger partial charge on any atom is -0.377 e. The molecule has 0 amide bonds. The summed E-state index contributed by atoms with van der Waals surface area (Å²) >= 11 is 6.15. The fourth-order valence-electron chi connectivity index (χ4n) is 2.99. The van der Waals surface area contributed by atoms with Crippen LogP contribution >= 0.6 is 11.6 Å². The maximum absolute atomic E-state index is 6.15. The average molecular weight is 308 g/mol. The maximum atomic E-state index is 6.15. The second kappa shape index (κ2) is 4.81. The molecule has 1 atom stereocenters. The third kappa shape index (κ3) is 2.17. The molecule has 7 heteroatoms. The molecule has 0 radical (unpaired) electrons. The van der Waals surface area contributed by atoms with Gasteiger partial charge in [0.25, 0.3) is 0 Å². The van der Waals surface area contributed by atoms with Gasteiger partial charge in [-0.15, -0.1) is 0 Å². The number of hydrogen-bond acceptors (Lipinski definition) is 5. The van der Waals surface area contributed by atoms with E-state index in [4.69, 9.17) is 21.3 Å². The van der Waals surface area contributed by atoms with Gasteiger partial charge in [0.1, 0.15) is 5.82 Å². The van der Waals surface area contributed by atoms with Crippen molar-refractivity contribution in [3.8, 4) is 0 Å². The van der Waals surface area contributed by atoms with Gasteiger partial charge >= 0.3 is 0 Å². The minimum absolute atomic E-state index is 0.263. The van der Waals surface area contributed by atoms with Crippen molar-refractivity contribution in [2.45, 2.75) is 31.7 Å². The molecule has 0 N–H and O–H groups in total. The van der Waals surface area contributed by atoms with Crippen LogP contribution in [0.4, 0.5) is 5.82 Å². The van der Waals surface area contributed by atoms with E-state index < -0.39 is 0 Å². The Morgan fingerprint density at radius 2 is 2.05 bits per heavy atom. The molecule has 0 bridgehead atoms. The van der Waals surface area contributed by atoms with E-state index in [0.29, 0.717) is 19.1 Å². The Hall–Kier alpha value is -1.40. The predicted molar refractivity (Wildman–Crippen MR) is 80.9 cm³/mol. The number of aryl methyl sites for hydroxylation is 1. The van der Waals surface area contributed by atoms with E-state index in [1.807, 2.05) is 7.05 Å². The zero-order valence-electron chi connectivity index (χ0n) is 12.2. The summed E-state index contributed by atoms with van der Waals surface area (Å²) in [6.07, 6.45) is 2.42. The lowest BCUT2D eigenvalue weighted by Gasteiger charge is -2.34. The van der Waals surface area contributed by atoms with Gasteiger partial charge in [0, 0.05) is 19.5 Å². The van der Waals surface area contributed by atoms with E-state index in [2.05, 4.69) is 26.4 Å². The zero-order valence-corrected chi connectivity index (χ0v) is 13.0. The van der Waals surface area contributed by atoms with E-state index >= 15 is 0 Å². The van der Waals surface area contributed by atoms with Gasteiger partial charge in [-0.25, -0.2) is 4.98 Å². The first kappa shape index (κ1) is 13.3. The van der Waals surface area contributed by atoms with E-state index in [-0.39, 0.29) is 11.3 Å².